The number of benzene rings is 3. The van der Waals surface area contributed by atoms with E-state index >= 15 is 0 Å². The van der Waals surface area contributed by atoms with Gasteiger partial charge in [-0.25, -0.2) is 22.8 Å². The Balaban J connectivity index is 1.35. The lowest BCUT2D eigenvalue weighted by atomic mass is 10.2. The zero-order valence-electron chi connectivity index (χ0n) is 20.0. The third-order valence-electron chi connectivity index (χ3n) is 6.20. The number of nitrogens with one attached hydrogen (secondary N) is 2. The molecule has 1 saturated heterocycles. The van der Waals surface area contributed by atoms with Gasteiger partial charge in [-0.05, 0) is 60.7 Å². The van der Waals surface area contributed by atoms with E-state index in [1.165, 1.54) is 41.2 Å². The molecule has 3 heterocycles. The lowest BCUT2D eigenvalue weighted by Crippen LogP contribution is -2.36. The zero-order valence-corrected chi connectivity index (χ0v) is 20.0. The highest BCUT2D eigenvalue weighted by molar-refractivity contribution is 5.90. The number of aromatic nitrogens is 4. The van der Waals surface area contributed by atoms with Gasteiger partial charge in [0, 0.05) is 30.7 Å². The number of hydrogen-bond acceptors (Lipinski definition) is 7. The molecule has 1 fully saturated rings. The van der Waals surface area contributed by atoms with Crippen molar-refractivity contribution in [2.45, 2.75) is 0 Å². The van der Waals surface area contributed by atoms with E-state index in [4.69, 9.17) is 4.74 Å². The number of ether oxygens (including phenoxy) is 1. The van der Waals surface area contributed by atoms with Gasteiger partial charge < -0.3 is 20.3 Å². The average Bonchev–Trinajstić information content (AvgIpc) is 3.30. The van der Waals surface area contributed by atoms with Crippen molar-refractivity contribution in [3.63, 3.8) is 0 Å². The first-order valence-electron chi connectivity index (χ1n) is 12.0. The number of morpholine rings is 1. The van der Waals surface area contributed by atoms with E-state index in [1.807, 2.05) is 24.3 Å². The van der Waals surface area contributed by atoms with Crippen LogP contribution < -0.4 is 15.5 Å². The summed E-state index contributed by atoms with van der Waals surface area (Å²) in [4.78, 5) is 11.3. The quantitative estimate of drug-likeness (QED) is 0.305. The summed E-state index contributed by atoms with van der Waals surface area (Å²) < 4.78 is 49.1. The third-order valence-corrected chi connectivity index (χ3v) is 6.20. The number of nitrogens with zero attached hydrogens (tertiary/aromatic N) is 5. The van der Waals surface area contributed by atoms with Gasteiger partial charge in [0.1, 0.15) is 23.1 Å². The van der Waals surface area contributed by atoms with Crippen molar-refractivity contribution in [2.24, 2.45) is 0 Å². The fourth-order valence-electron chi connectivity index (χ4n) is 4.26. The first kappa shape index (κ1) is 23.7. The maximum absolute atomic E-state index is 14.3. The van der Waals surface area contributed by atoms with Crippen LogP contribution in [0.4, 0.5) is 42.0 Å². The van der Waals surface area contributed by atoms with Crippen molar-refractivity contribution < 1.29 is 17.9 Å². The van der Waals surface area contributed by atoms with Crippen molar-refractivity contribution in [3.8, 4) is 5.69 Å². The van der Waals surface area contributed by atoms with E-state index < -0.39 is 17.5 Å². The van der Waals surface area contributed by atoms with Gasteiger partial charge in [0.05, 0.1) is 24.3 Å². The number of rotatable bonds is 6. The molecule has 1 aliphatic heterocycles. The lowest BCUT2D eigenvalue weighted by molar-refractivity contribution is 0.122. The summed E-state index contributed by atoms with van der Waals surface area (Å²) in [5.74, 6) is -1.50. The van der Waals surface area contributed by atoms with Gasteiger partial charge in [0.15, 0.2) is 11.5 Å². The predicted molar refractivity (Wildman–Crippen MR) is 139 cm³/mol. The highest BCUT2D eigenvalue weighted by atomic mass is 19.1. The molecule has 2 aromatic heterocycles. The standard InChI is InChI=1S/C27H22F3N7O/c28-17-4-8-20(9-5-17)37-26-21(25(35-37)33-24-22(29)2-1-3-23(24)30)16-31-27(34-26)32-18-6-10-19(11-7-18)36-12-14-38-15-13-36/h1-11,16H,12-15H2,(H,33,35)(H,31,32,34). The number of para-hydroxylation sites is 1. The van der Waals surface area contributed by atoms with Crippen molar-refractivity contribution >= 4 is 39.9 Å². The second-order valence-electron chi connectivity index (χ2n) is 8.66. The molecule has 0 aliphatic carbocycles. The largest absolute Gasteiger partial charge is 0.378 e. The molecular weight excluding hydrogens is 495 g/mol. The Kier molecular flexibility index (Phi) is 6.26. The number of hydrogen-bond donors (Lipinski definition) is 2. The summed E-state index contributed by atoms with van der Waals surface area (Å²) in [7, 11) is 0. The molecule has 192 valence electrons. The van der Waals surface area contributed by atoms with Crippen LogP contribution in [0.5, 0.6) is 0 Å². The fourth-order valence-corrected chi connectivity index (χ4v) is 4.26. The van der Waals surface area contributed by atoms with E-state index in [1.54, 1.807) is 0 Å². The molecule has 0 saturated carbocycles. The number of fused-ring (bicyclic) bond motifs is 1. The van der Waals surface area contributed by atoms with E-state index in [2.05, 4.69) is 30.6 Å². The molecule has 1 aliphatic rings. The summed E-state index contributed by atoms with van der Waals surface area (Å²) in [5, 5.41) is 10.8. The molecule has 3 aromatic carbocycles. The van der Waals surface area contributed by atoms with Gasteiger partial charge in [0.2, 0.25) is 5.95 Å². The van der Waals surface area contributed by atoms with Gasteiger partial charge in [0.25, 0.3) is 0 Å². The van der Waals surface area contributed by atoms with Crippen LogP contribution in [-0.4, -0.2) is 46.1 Å². The minimum Gasteiger partial charge on any atom is -0.378 e. The van der Waals surface area contributed by atoms with Crippen LogP contribution in [0, 0.1) is 17.5 Å². The molecule has 2 N–H and O–H groups in total. The van der Waals surface area contributed by atoms with Crippen LogP contribution >= 0.6 is 0 Å². The normalized spacial score (nSPS) is 13.6. The van der Waals surface area contributed by atoms with Crippen molar-refractivity contribution in [3.05, 3.63) is 90.4 Å². The molecule has 8 nitrogen and oxygen atoms in total. The van der Waals surface area contributed by atoms with E-state index in [0.717, 1.165) is 36.6 Å². The monoisotopic (exact) mass is 517 g/mol. The second-order valence-corrected chi connectivity index (χ2v) is 8.66. The third kappa shape index (κ3) is 4.71. The van der Waals surface area contributed by atoms with Gasteiger partial charge in [-0.2, -0.15) is 4.98 Å². The first-order valence-corrected chi connectivity index (χ1v) is 12.0. The molecule has 5 aromatic rings. The van der Waals surface area contributed by atoms with E-state index in [9.17, 15) is 13.2 Å². The minimum atomic E-state index is -0.769. The smallest absolute Gasteiger partial charge is 0.229 e. The van der Waals surface area contributed by atoms with Gasteiger partial charge >= 0.3 is 0 Å². The fraction of sp³-hybridized carbons (Fsp3) is 0.148. The molecule has 0 bridgehead atoms. The summed E-state index contributed by atoms with van der Waals surface area (Å²) in [6, 6.07) is 17.1. The Hall–Kier alpha value is -4.64. The van der Waals surface area contributed by atoms with Crippen LogP contribution in [0.2, 0.25) is 0 Å². The predicted octanol–water partition coefficient (Wildman–Crippen LogP) is 5.56. The van der Waals surface area contributed by atoms with Crippen LogP contribution in [0.1, 0.15) is 0 Å². The highest BCUT2D eigenvalue weighted by Crippen LogP contribution is 2.30. The van der Waals surface area contributed by atoms with Crippen LogP contribution in [-0.2, 0) is 4.74 Å². The summed E-state index contributed by atoms with van der Waals surface area (Å²) >= 11 is 0. The summed E-state index contributed by atoms with van der Waals surface area (Å²) in [5.41, 5.74) is 2.40. The maximum atomic E-state index is 14.3. The SMILES string of the molecule is Fc1ccc(-n2nc(Nc3c(F)cccc3F)c3cnc(Nc4ccc(N5CCOCC5)cc4)nc32)cc1. The van der Waals surface area contributed by atoms with E-state index in [0.29, 0.717) is 35.9 Å². The molecule has 0 amide bonds. The minimum absolute atomic E-state index is 0.148. The Bertz CT molecular complexity index is 1560. The highest BCUT2D eigenvalue weighted by Gasteiger charge is 2.18. The Morgan fingerprint density at radius 1 is 0.789 bits per heavy atom. The zero-order chi connectivity index (χ0) is 26.1. The van der Waals surface area contributed by atoms with Crippen LogP contribution in [0.25, 0.3) is 16.7 Å². The van der Waals surface area contributed by atoms with Gasteiger partial charge in [-0.15, -0.1) is 5.10 Å². The van der Waals surface area contributed by atoms with Gasteiger partial charge in [-0.1, -0.05) is 6.07 Å². The van der Waals surface area contributed by atoms with Gasteiger partial charge in [-0.3, -0.25) is 0 Å². The molecule has 0 radical (unpaired) electrons. The number of halogens is 3. The maximum Gasteiger partial charge on any atom is 0.229 e. The second kappa shape index (κ2) is 10.0. The average molecular weight is 518 g/mol. The topological polar surface area (TPSA) is 80.1 Å². The number of anilines is 5. The van der Waals surface area contributed by atoms with Crippen molar-refractivity contribution in [1.29, 1.82) is 0 Å². The van der Waals surface area contributed by atoms with Crippen molar-refractivity contribution in [1.82, 2.24) is 19.7 Å². The van der Waals surface area contributed by atoms with Crippen LogP contribution in [0.3, 0.4) is 0 Å². The van der Waals surface area contributed by atoms with E-state index in [-0.39, 0.29) is 11.5 Å². The molecule has 0 unspecified atom stereocenters. The molecule has 6 rings (SSSR count). The van der Waals surface area contributed by atoms with Crippen LogP contribution in [0.15, 0.2) is 72.9 Å². The Morgan fingerprint density at radius 3 is 2.18 bits per heavy atom. The Labute approximate surface area is 215 Å². The molecule has 38 heavy (non-hydrogen) atoms. The molecular formula is C27H22F3N7O. The molecule has 11 heteroatoms. The Morgan fingerprint density at radius 2 is 1.47 bits per heavy atom. The lowest BCUT2D eigenvalue weighted by Gasteiger charge is -2.28. The summed E-state index contributed by atoms with van der Waals surface area (Å²) in [6.45, 7) is 3.09. The molecule has 0 atom stereocenters. The molecule has 0 spiro atoms. The summed E-state index contributed by atoms with van der Waals surface area (Å²) in [6.07, 6.45) is 1.51. The first-order chi connectivity index (χ1) is 18.5. The van der Waals surface area contributed by atoms with Crippen molar-refractivity contribution in [2.75, 3.05) is 41.8 Å².